The number of fused-ring (bicyclic) bond motifs is 2. The third kappa shape index (κ3) is 5.52. The maximum Gasteiger partial charge on any atom is 2.00 e. The van der Waals surface area contributed by atoms with Gasteiger partial charge in [0.1, 0.15) is 0 Å². The monoisotopic (exact) mass is 685 g/mol. The van der Waals surface area contributed by atoms with E-state index in [0.717, 1.165) is 0 Å². The van der Waals surface area contributed by atoms with Gasteiger partial charge in [-0.05, 0) is 43.4 Å². The van der Waals surface area contributed by atoms with Crippen molar-refractivity contribution in [3.8, 4) is 0 Å². The first-order valence-electron chi connectivity index (χ1n) is 11.7. The van der Waals surface area contributed by atoms with E-state index in [0.29, 0.717) is 5.69 Å². The molecule has 2 fully saturated rings. The number of carboxylic acid groups (broad SMARTS) is 2. The van der Waals surface area contributed by atoms with Gasteiger partial charge in [0.05, 0.1) is 51.9 Å². The van der Waals surface area contributed by atoms with Crippen LogP contribution in [-0.4, -0.2) is 72.8 Å². The van der Waals surface area contributed by atoms with Crippen LogP contribution in [-0.2, 0) is 50.3 Å². The second kappa shape index (κ2) is 13.9. The Morgan fingerprint density at radius 1 is 0.805 bits per heavy atom. The molecule has 0 amide bonds. The topological polar surface area (TPSA) is 166 Å². The van der Waals surface area contributed by atoms with Crippen LogP contribution in [0.4, 0.5) is 0 Å². The van der Waals surface area contributed by atoms with E-state index in [-0.39, 0.29) is 76.9 Å². The standard InChI is InChI=1S/C26H27N5O6.2ClH.2Fe/c1-30-20(18-9-3-6-12-28-18)24(22(32)33)15-31(14-17-8-2-5-11-27-17)16-25(23(34)35,26(24,36)37)21(30)19-10-4-7-13-29-19;;;;/h2-13,20-21,36-37H,14-16H2,1H3,(H,32,33)(H,34,35);2*1H;;/q;;;2*+2/p-4. The number of rotatable bonds is 6. The van der Waals surface area contributed by atoms with Gasteiger partial charge in [-0.25, -0.2) is 0 Å². The molecule has 220 valence electrons. The summed E-state index contributed by atoms with van der Waals surface area (Å²) >= 11 is 0. The minimum Gasteiger partial charge on any atom is -1.00 e. The van der Waals surface area contributed by atoms with E-state index in [1.54, 1.807) is 60.8 Å². The minimum absolute atomic E-state index is 0. The van der Waals surface area contributed by atoms with Crippen LogP contribution in [0.5, 0.6) is 0 Å². The van der Waals surface area contributed by atoms with Gasteiger partial charge < -0.3 is 54.8 Å². The minimum atomic E-state index is -3.32. The molecule has 3 aromatic heterocycles. The van der Waals surface area contributed by atoms with Crippen molar-refractivity contribution in [3.63, 3.8) is 0 Å². The second-order valence-electron chi connectivity index (χ2n) is 9.64. The van der Waals surface area contributed by atoms with Crippen LogP contribution >= 0.6 is 0 Å². The van der Waals surface area contributed by atoms with E-state index >= 15 is 0 Å². The summed E-state index contributed by atoms with van der Waals surface area (Å²) in [4.78, 5) is 42.1. The van der Waals surface area contributed by atoms with Crippen LogP contribution in [0.1, 0.15) is 29.2 Å². The average Bonchev–Trinajstić information content (AvgIpc) is 2.87. The first-order chi connectivity index (χ1) is 17.7. The summed E-state index contributed by atoms with van der Waals surface area (Å²) in [6.07, 6.45) is 4.47. The van der Waals surface area contributed by atoms with E-state index in [2.05, 4.69) is 15.0 Å². The predicted molar refractivity (Wildman–Crippen MR) is 123 cm³/mol. The predicted octanol–water partition coefficient (Wildman–Crippen LogP) is -7.73. The van der Waals surface area contributed by atoms with Crippen LogP contribution in [0.3, 0.4) is 0 Å². The fourth-order valence-electron chi connectivity index (χ4n) is 6.25. The molecule has 5 rings (SSSR count). The van der Waals surface area contributed by atoms with Crippen molar-refractivity contribution in [2.24, 2.45) is 10.8 Å². The number of likely N-dealkylation sites (tertiary alicyclic amines) is 2. The Kier molecular flexibility index (Phi) is 12.5. The summed E-state index contributed by atoms with van der Waals surface area (Å²) in [5.74, 6) is -6.97. The zero-order chi connectivity index (χ0) is 26.4. The van der Waals surface area contributed by atoms with Gasteiger partial charge >= 0.3 is 34.1 Å². The van der Waals surface area contributed by atoms with Crippen molar-refractivity contribution in [1.29, 1.82) is 0 Å². The van der Waals surface area contributed by atoms with E-state index in [9.17, 15) is 30.0 Å². The van der Waals surface area contributed by atoms with Crippen molar-refractivity contribution < 1.29 is 89.0 Å². The van der Waals surface area contributed by atoms with Crippen molar-refractivity contribution in [2.75, 3.05) is 20.1 Å². The zero-order valence-electron chi connectivity index (χ0n) is 21.4. The largest absolute Gasteiger partial charge is 2.00 e. The van der Waals surface area contributed by atoms with Crippen LogP contribution in [0.2, 0.25) is 0 Å². The zero-order valence-corrected chi connectivity index (χ0v) is 25.2. The average molecular weight is 686 g/mol. The van der Waals surface area contributed by atoms with Gasteiger partial charge in [0.2, 0.25) is 0 Å². The molecule has 2 N–H and O–H groups in total. The molecule has 2 aliphatic heterocycles. The SMILES string of the molecule is CN1C(c2ccccn2)C2(C(=O)[O-])CN(Cc3ccccn3)CC(C(=O)[O-])(C1c1ccccn1)C2(O)O.[Cl-].[Cl-].[Fe+2].[Fe+2]. The van der Waals surface area contributed by atoms with Crippen LogP contribution in [0, 0.1) is 10.8 Å². The van der Waals surface area contributed by atoms with Crippen LogP contribution in [0.15, 0.2) is 73.2 Å². The number of carbonyl (C=O) groups excluding carboxylic acids is 2. The smallest absolute Gasteiger partial charge is 1.00 e. The van der Waals surface area contributed by atoms with E-state index in [1.165, 1.54) is 29.2 Å². The Hall–Kier alpha value is -2.15. The summed E-state index contributed by atoms with van der Waals surface area (Å²) in [5, 5.41) is 49.9. The number of pyridine rings is 3. The number of nitrogens with zero attached hydrogens (tertiary/aromatic N) is 5. The molecular weight excluding hydrogens is 661 g/mol. The maximum absolute atomic E-state index is 13.1. The summed E-state index contributed by atoms with van der Waals surface area (Å²) in [6, 6.07) is 12.2. The molecule has 0 aromatic carbocycles. The molecular formula is C26H25Cl2Fe2N5O6. The molecule has 5 heterocycles. The number of aliphatic hydroxyl groups is 2. The molecule has 4 atom stereocenters. The molecule has 2 saturated heterocycles. The summed E-state index contributed by atoms with van der Waals surface area (Å²) < 4.78 is 0. The Morgan fingerprint density at radius 3 is 1.56 bits per heavy atom. The normalized spacial score (nSPS) is 26.6. The summed E-state index contributed by atoms with van der Waals surface area (Å²) in [5.41, 5.74) is -4.14. The second-order valence-corrected chi connectivity index (χ2v) is 9.64. The summed E-state index contributed by atoms with van der Waals surface area (Å²) in [7, 11) is 1.53. The van der Waals surface area contributed by atoms with E-state index in [4.69, 9.17) is 0 Å². The Labute approximate surface area is 270 Å². The maximum atomic E-state index is 13.1. The molecule has 11 nitrogen and oxygen atoms in total. The van der Waals surface area contributed by atoms with Gasteiger partial charge in [-0.1, -0.05) is 18.2 Å². The van der Waals surface area contributed by atoms with Crippen LogP contribution < -0.4 is 35.0 Å². The number of aromatic nitrogens is 3. The van der Waals surface area contributed by atoms with Gasteiger partial charge in [-0.15, -0.1) is 0 Å². The molecule has 0 aliphatic carbocycles. The van der Waals surface area contributed by atoms with E-state index in [1.807, 2.05) is 0 Å². The number of carbonyl (C=O) groups is 2. The molecule has 0 radical (unpaired) electrons. The summed E-state index contributed by atoms with van der Waals surface area (Å²) in [6.45, 7) is -0.850. The number of carboxylic acids is 2. The van der Waals surface area contributed by atoms with Gasteiger partial charge in [0.15, 0.2) is 5.79 Å². The molecule has 2 aliphatic rings. The fraction of sp³-hybridized carbons (Fsp3) is 0.346. The van der Waals surface area contributed by atoms with Gasteiger partial charge in [-0.3, -0.25) is 24.8 Å². The molecule has 0 spiro atoms. The number of hydrogen-bond donors (Lipinski definition) is 2. The third-order valence-electron chi connectivity index (χ3n) is 7.71. The molecule has 3 aromatic rings. The van der Waals surface area contributed by atoms with Gasteiger partial charge in [-0.2, -0.15) is 0 Å². The van der Waals surface area contributed by atoms with Crippen molar-refractivity contribution in [2.45, 2.75) is 24.4 Å². The van der Waals surface area contributed by atoms with Crippen molar-refractivity contribution in [1.82, 2.24) is 24.8 Å². The van der Waals surface area contributed by atoms with Crippen molar-refractivity contribution >= 4 is 11.9 Å². The molecule has 2 bridgehead atoms. The number of halogens is 2. The van der Waals surface area contributed by atoms with Gasteiger partial charge in [0.25, 0.3) is 0 Å². The number of aliphatic carboxylic acids is 2. The number of piperidine rings is 2. The Bertz CT molecular complexity index is 1240. The molecule has 15 heteroatoms. The first kappa shape index (κ1) is 36.9. The number of hydrogen-bond acceptors (Lipinski definition) is 11. The van der Waals surface area contributed by atoms with Gasteiger partial charge in [0, 0.05) is 38.2 Å². The molecule has 0 saturated carbocycles. The molecule has 4 unspecified atom stereocenters. The van der Waals surface area contributed by atoms with E-state index < -0.39 is 53.7 Å². The third-order valence-corrected chi connectivity index (χ3v) is 7.71. The van der Waals surface area contributed by atoms with Crippen molar-refractivity contribution in [3.05, 3.63) is 90.3 Å². The van der Waals surface area contributed by atoms with Crippen LogP contribution in [0.25, 0.3) is 0 Å². The fourth-order valence-corrected chi connectivity index (χ4v) is 6.25. The first-order valence-corrected chi connectivity index (χ1v) is 11.7. The quantitative estimate of drug-likeness (QED) is 0.187. The molecule has 41 heavy (non-hydrogen) atoms. The Morgan fingerprint density at radius 2 is 1.22 bits per heavy atom. The Balaban J connectivity index is 0.00000210.